The highest BCUT2D eigenvalue weighted by Gasteiger charge is 2.47. The van der Waals surface area contributed by atoms with Gasteiger partial charge in [-0.2, -0.15) is 0 Å². The number of aliphatic carboxylic acids is 5. The molecule has 12 nitrogen and oxygen atoms in total. The lowest BCUT2D eigenvalue weighted by molar-refractivity contribution is -0.183. The molecular formula is C12H12O12. The summed E-state index contributed by atoms with van der Waals surface area (Å²) < 4.78 is 4.35. The fraction of sp³-hybridized carbons (Fsp3) is 0.333. The Morgan fingerprint density at radius 2 is 1.25 bits per heavy atom. The average Bonchev–Trinajstić information content (AvgIpc) is 2.34. The minimum absolute atomic E-state index is 0.137. The fourth-order valence-electron chi connectivity index (χ4n) is 1.53. The number of hydrogen-bond acceptors (Lipinski definition) is 7. The van der Waals surface area contributed by atoms with Crippen LogP contribution in [0.15, 0.2) is 11.6 Å². The summed E-state index contributed by atoms with van der Waals surface area (Å²) in [6.07, 6.45) is -3.79. The van der Waals surface area contributed by atoms with E-state index in [0.29, 0.717) is 0 Å². The number of rotatable bonds is 10. The van der Waals surface area contributed by atoms with E-state index in [2.05, 4.69) is 4.74 Å². The van der Waals surface area contributed by atoms with Gasteiger partial charge in [-0.25, -0.2) is 14.4 Å². The smallest absolute Gasteiger partial charge is 0.349 e. The van der Waals surface area contributed by atoms with Crippen LogP contribution in [0.1, 0.15) is 19.3 Å². The van der Waals surface area contributed by atoms with E-state index in [0.717, 1.165) is 0 Å². The predicted molar refractivity (Wildman–Crippen MR) is 68.9 cm³/mol. The Bertz CT molecular complexity index is 598. The molecule has 0 heterocycles. The maximum absolute atomic E-state index is 11.6. The quantitative estimate of drug-likeness (QED) is 0.232. The summed E-state index contributed by atoms with van der Waals surface area (Å²) in [6, 6.07) is 0. The molecule has 0 aliphatic heterocycles. The third-order valence-electron chi connectivity index (χ3n) is 2.47. The second kappa shape index (κ2) is 8.26. The Hall–Kier alpha value is -3.44. The summed E-state index contributed by atoms with van der Waals surface area (Å²) >= 11 is 0. The van der Waals surface area contributed by atoms with Crippen molar-refractivity contribution in [1.29, 1.82) is 0 Å². The first-order chi connectivity index (χ1) is 10.9. The first-order valence-electron chi connectivity index (χ1n) is 5.95. The summed E-state index contributed by atoms with van der Waals surface area (Å²) in [6.45, 7) is 0. The molecule has 0 spiro atoms. The summed E-state index contributed by atoms with van der Waals surface area (Å²) in [5.41, 5.74) is -3.96. The molecule has 0 atom stereocenters. The molecule has 0 aromatic carbocycles. The largest absolute Gasteiger partial charge is 0.481 e. The highest BCUT2D eigenvalue weighted by atomic mass is 16.6. The highest BCUT2D eigenvalue weighted by Crippen LogP contribution is 2.23. The number of carboxylic acids is 5. The maximum atomic E-state index is 11.6. The van der Waals surface area contributed by atoms with Gasteiger partial charge in [0.2, 0.25) is 5.60 Å². The molecule has 0 saturated carbocycles. The molecular weight excluding hydrogens is 336 g/mol. The first kappa shape index (κ1) is 20.6. The topological polar surface area (TPSA) is 213 Å². The third kappa shape index (κ3) is 6.55. The zero-order valence-corrected chi connectivity index (χ0v) is 11.8. The molecule has 24 heavy (non-hydrogen) atoms. The van der Waals surface area contributed by atoms with Crippen LogP contribution in [0.25, 0.3) is 0 Å². The second-order valence-corrected chi connectivity index (χ2v) is 4.41. The van der Waals surface area contributed by atoms with Gasteiger partial charge in [-0.15, -0.1) is 0 Å². The van der Waals surface area contributed by atoms with E-state index in [9.17, 15) is 28.8 Å². The second-order valence-electron chi connectivity index (χ2n) is 4.41. The minimum Gasteiger partial charge on any atom is -0.481 e. The zero-order valence-electron chi connectivity index (χ0n) is 11.8. The van der Waals surface area contributed by atoms with Crippen molar-refractivity contribution in [3.63, 3.8) is 0 Å². The van der Waals surface area contributed by atoms with E-state index in [1.807, 2.05) is 0 Å². The van der Waals surface area contributed by atoms with Gasteiger partial charge in [-0.05, 0) is 0 Å². The Morgan fingerprint density at radius 3 is 1.54 bits per heavy atom. The van der Waals surface area contributed by atoms with Crippen molar-refractivity contribution in [3.05, 3.63) is 11.6 Å². The van der Waals surface area contributed by atoms with Gasteiger partial charge in [0.25, 0.3) is 0 Å². The third-order valence-corrected chi connectivity index (χ3v) is 2.47. The number of hydrogen-bond donors (Lipinski definition) is 5. The van der Waals surface area contributed by atoms with Crippen LogP contribution >= 0.6 is 0 Å². The fourth-order valence-corrected chi connectivity index (χ4v) is 1.53. The van der Waals surface area contributed by atoms with Crippen LogP contribution in [0.3, 0.4) is 0 Å². The molecule has 0 aromatic rings. The van der Waals surface area contributed by atoms with Gasteiger partial charge in [0.05, 0.1) is 24.8 Å². The van der Waals surface area contributed by atoms with E-state index in [4.69, 9.17) is 25.5 Å². The predicted octanol–water partition coefficient (Wildman–Crippen LogP) is -1.21. The average molecular weight is 348 g/mol. The normalized spacial score (nSPS) is 11.4. The van der Waals surface area contributed by atoms with Crippen molar-refractivity contribution in [1.82, 2.24) is 0 Å². The van der Waals surface area contributed by atoms with E-state index in [-0.39, 0.29) is 6.08 Å². The van der Waals surface area contributed by atoms with Crippen molar-refractivity contribution >= 4 is 35.8 Å². The van der Waals surface area contributed by atoms with Crippen molar-refractivity contribution in [2.24, 2.45) is 0 Å². The number of carbonyl (C=O) groups is 6. The molecule has 5 N–H and O–H groups in total. The summed E-state index contributed by atoms with van der Waals surface area (Å²) in [5, 5.41) is 43.6. The van der Waals surface area contributed by atoms with E-state index >= 15 is 0 Å². The van der Waals surface area contributed by atoms with Gasteiger partial charge in [0, 0.05) is 6.08 Å². The standard InChI is InChI=1S/C12H12O12/c13-6(14)1-5(10(20)21)2-9(19)24-12(11(22)23,3-7(15)16)4-8(17)18/h2H,1,3-4H2,(H,13,14)(H,15,16)(H,17,18)(H,20,21)(H,22,23). The van der Waals surface area contributed by atoms with E-state index in [1.54, 1.807) is 0 Å². The number of carbonyl (C=O) groups excluding carboxylic acids is 1. The Morgan fingerprint density at radius 1 is 0.792 bits per heavy atom. The molecule has 0 aliphatic rings. The Balaban J connectivity index is 5.68. The van der Waals surface area contributed by atoms with Gasteiger partial charge in [-0.3, -0.25) is 14.4 Å². The van der Waals surface area contributed by atoms with Gasteiger partial charge in [0.1, 0.15) is 0 Å². The number of esters is 1. The van der Waals surface area contributed by atoms with Crippen LogP contribution in [0.5, 0.6) is 0 Å². The van der Waals surface area contributed by atoms with Crippen LogP contribution in [0, 0.1) is 0 Å². The lowest BCUT2D eigenvalue weighted by Crippen LogP contribution is -2.46. The van der Waals surface area contributed by atoms with Crippen molar-refractivity contribution in [3.8, 4) is 0 Å². The Labute approximate surface area is 132 Å². The molecule has 0 unspecified atom stereocenters. The molecule has 0 aromatic heterocycles. The van der Waals surface area contributed by atoms with Gasteiger partial charge in [-0.1, -0.05) is 0 Å². The molecule has 0 amide bonds. The molecule has 0 aliphatic carbocycles. The molecule has 0 rings (SSSR count). The van der Waals surface area contributed by atoms with Crippen LogP contribution in [-0.2, 0) is 33.5 Å². The van der Waals surface area contributed by atoms with Crippen LogP contribution < -0.4 is 0 Å². The van der Waals surface area contributed by atoms with Gasteiger partial charge in [0.15, 0.2) is 0 Å². The summed E-state index contributed by atoms with van der Waals surface area (Å²) in [4.78, 5) is 65.5. The van der Waals surface area contributed by atoms with Crippen LogP contribution in [0.4, 0.5) is 0 Å². The molecule has 132 valence electrons. The van der Waals surface area contributed by atoms with Gasteiger partial charge < -0.3 is 30.3 Å². The molecule has 0 saturated heterocycles. The molecule has 0 radical (unpaired) electrons. The SMILES string of the molecule is O=C(O)CC(=CC(=O)OC(CC(=O)O)(CC(=O)O)C(=O)O)C(=O)O. The van der Waals surface area contributed by atoms with Crippen LogP contribution in [-0.4, -0.2) is 66.9 Å². The minimum atomic E-state index is -2.99. The van der Waals surface area contributed by atoms with E-state index < -0.39 is 66.3 Å². The lowest BCUT2D eigenvalue weighted by atomic mass is 9.95. The molecule has 0 fully saturated rings. The number of ether oxygens (including phenoxy) is 1. The van der Waals surface area contributed by atoms with Crippen molar-refractivity contribution in [2.45, 2.75) is 24.9 Å². The van der Waals surface area contributed by atoms with Crippen molar-refractivity contribution in [2.75, 3.05) is 0 Å². The van der Waals surface area contributed by atoms with Gasteiger partial charge >= 0.3 is 35.8 Å². The highest BCUT2D eigenvalue weighted by molar-refractivity contribution is 6.00. The van der Waals surface area contributed by atoms with E-state index in [1.165, 1.54) is 0 Å². The summed E-state index contributed by atoms with van der Waals surface area (Å²) in [7, 11) is 0. The maximum Gasteiger partial charge on any atom is 0.349 e. The zero-order chi connectivity index (χ0) is 19.1. The molecule has 0 bridgehead atoms. The first-order valence-corrected chi connectivity index (χ1v) is 5.95. The Kier molecular flexibility index (Phi) is 7.08. The van der Waals surface area contributed by atoms with Crippen molar-refractivity contribution < 1.29 is 59.0 Å². The number of carboxylic acid groups (broad SMARTS) is 5. The molecule has 12 heteroatoms. The summed E-state index contributed by atoms with van der Waals surface area (Å²) in [5.74, 6) is -10.8. The monoisotopic (exact) mass is 348 g/mol. The van der Waals surface area contributed by atoms with Crippen LogP contribution in [0.2, 0.25) is 0 Å². The lowest BCUT2D eigenvalue weighted by Gasteiger charge is -2.25.